The maximum Gasteiger partial charge on any atom is 0.264 e. The number of nitrogens with one attached hydrogen (secondary N) is 2. The minimum absolute atomic E-state index is 0.0586. The van der Waals surface area contributed by atoms with Crippen LogP contribution in [0.25, 0.3) is 0 Å². The van der Waals surface area contributed by atoms with Crippen molar-refractivity contribution in [3.05, 3.63) is 53.8 Å². The first kappa shape index (κ1) is 16.8. The van der Waals surface area contributed by atoms with E-state index in [-0.39, 0.29) is 11.6 Å². The van der Waals surface area contributed by atoms with Crippen molar-refractivity contribution in [2.75, 3.05) is 10.0 Å². The van der Waals surface area contributed by atoms with E-state index in [1.807, 2.05) is 4.72 Å². The molecule has 2 aromatic rings. The van der Waals surface area contributed by atoms with Crippen LogP contribution in [0.5, 0.6) is 0 Å². The van der Waals surface area contributed by atoms with Gasteiger partial charge in [0.1, 0.15) is 4.90 Å². The van der Waals surface area contributed by atoms with E-state index < -0.39 is 32.4 Å². The fraction of sp³-hybridized carbons (Fsp3) is 0.0714. The summed E-state index contributed by atoms with van der Waals surface area (Å²) < 4.78 is 65.7. The van der Waals surface area contributed by atoms with Crippen molar-refractivity contribution in [2.24, 2.45) is 0 Å². The molecule has 0 aliphatic heterocycles. The zero-order chi connectivity index (χ0) is 17.2. The first-order valence-corrected chi connectivity index (χ1v) is 7.73. The largest absolute Gasteiger partial charge is 0.326 e. The van der Waals surface area contributed by atoms with Gasteiger partial charge in [0, 0.05) is 18.3 Å². The number of rotatable bonds is 4. The molecular weight excluding hydrogens is 333 g/mol. The van der Waals surface area contributed by atoms with E-state index in [0.29, 0.717) is 17.8 Å². The summed E-state index contributed by atoms with van der Waals surface area (Å²) in [7, 11) is -4.44. The predicted molar refractivity (Wildman–Crippen MR) is 77.9 cm³/mol. The summed E-state index contributed by atoms with van der Waals surface area (Å²) in [5.41, 5.74) is 0.489. The number of carbonyl (C=O) groups is 1. The highest BCUT2D eigenvalue weighted by Gasteiger charge is 2.24. The molecule has 122 valence electrons. The Morgan fingerprint density at radius 2 is 1.48 bits per heavy atom. The molecule has 0 aromatic heterocycles. The molecule has 0 atom stereocenters. The van der Waals surface area contributed by atoms with E-state index in [2.05, 4.69) is 5.32 Å². The average molecular weight is 344 g/mol. The smallest absolute Gasteiger partial charge is 0.264 e. The number of carbonyl (C=O) groups excluding carboxylic acids is 1. The van der Waals surface area contributed by atoms with Gasteiger partial charge in [-0.25, -0.2) is 21.6 Å². The zero-order valence-electron chi connectivity index (χ0n) is 11.7. The SMILES string of the molecule is CC(=O)Nc1ccc(NS(=O)(=O)c2ccc(F)c(F)c2F)cc1. The van der Waals surface area contributed by atoms with Crippen molar-refractivity contribution in [1.29, 1.82) is 0 Å². The summed E-state index contributed by atoms with van der Waals surface area (Å²) in [6.45, 7) is 1.31. The van der Waals surface area contributed by atoms with Crippen LogP contribution < -0.4 is 10.0 Å². The van der Waals surface area contributed by atoms with Crippen LogP contribution in [0.2, 0.25) is 0 Å². The summed E-state index contributed by atoms with van der Waals surface area (Å²) in [6.07, 6.45) is 0. The molecule has 5 nitrogen and oxygen atoms in total. The minimum Gasteiger partial charge on any atom is -0.326 e. The van der Waals surface area contributed by atoms with Crippen molar-refractivity contribution < 1.29 is 26.4 Å². The zero-order valence-corrected chi connectivity index (χ0v) is 12.5. The first-order chi connectivity index (χ1) is 10.7. The van der Waals surface area contributed by atoms with Crippen LogP contribution in [0.1, 0.15) is 6.92 Å². The lowest BCUT2D eigenvalue weighted by molar-refractivity contribution is -0.114. The lowest BCUT2D eigenvalue weighted by Crippen LogP contribution is -2.16. The summed E-state index contributed by atoms with van der Waals surface area (Å²) >= 11 is 0. The van der Waals surface area contributed by atoms with Gasteiger partial charge in [-0.05, 0) is 36.4 Å². The Kier molecular flexibility index (Phi) is 4.60. The van der Waals surface area contributed by atoms with Crippen LogP contribution >= 0.6 is 0 Å². The Morgan fingerprint density at radius 3 is 2.04 bits per heavy atom. The summed E-state index contributed by atoms with van der Waals surface area (Å²) in [5.74, 6) is -5.45. The average Bonchev–Trinajstić information content (AvgIpc) is 2.46. The summed E-state index contributed by atoms with van der Waals surface area (Å²) in [6, 6.07) is 6.62. The van der Waals surface area contributed by atoms with Crippen LogP contribution in [0.3, 0.4) is 0 Å². The lowest BCUT2D eigenvalue weighted by Gasteiger charge is -2.10. The summed E-state index contributed by atoms with van der Waals surface area (Å²) in [5, 5.41) is 2.48. The Hall–Kier alpha value is -2.55. The van der Waals surface area contributed by atoms with Crippen LogP contribution in [-0.4, -0.2) is 14.3 Å². The number of benzene rings is 2. The first-order valence-electron chi connectivity index (χ1n) is 6.24. The molecular formula is C14H11F3N2O3S. The molecule has 0 radical (unpaired) electrons. The molecule has 0 fully saturated rings. The quantitative estimate of drug-likeness (QED) is 0.838. The van der Waals surface area contributed by atoms with Crippen molar-refractivity contribution in [1.82, 2.24) is 0 Å². The molecule has 0 aliphatic carbocycles. The number of hydrogen-bond acceptors (Lipinski definition) is 3. The Bertz CT molecular complexity index is 852. The molecule has 0 unspecified atom stereocenters. The van der Waals surface area contributed by atoms with E-state index in [9.17, 15) is 26.4 Å². The Labute approximate surface area is 130 Å². The van der Waals surface area contributed by atoms with Crippen LogP contribution in [0.15, 0.2) is 41.3 Å². The van der Waals surface area contributed by atoms with Gasteiger partial charge in [0.05, 0.1) is 0 Å². The number of halogens is 3. The molecule has 0 spiro atoms. The number of hydrogen-bond donors (Lipinski definition) is 2. The van der Waals surface area contributed by atoms with E-state index in [1.165, 1.54) is 31.2 Å². The van der Waals surface area contributed by atoms with Crippen LogP contribution in [0.4, 0.5) is 24.5 Å². The van der Waals surface area contributed by atoms with Gasteiger partial charge in [-0.3, -0.25) is 9.52 Å². The lowest BCUT2D eigenvalue weighted by atomic mass is 10.3. The van der Waals surface area contributed by atoms with Gasteiger partial charge in [-0.15, -0.1) is 0 Å². The van der Waals surface area contributed by atoms with Gasteiger partial charge in [-0.2, -0.15) is 0 Å². The molecule has 1 amide bonds. The van der Waals surface area contributed by atoms with Crippen molar-refractivity contribution in [2.45, 2.75) is 11.8 Å². The molecule has 9 heteroatoms. The number of anilines is 2. The van der Waals surface area contributed by atoms with Crippen molar-refractivity contribution >= 4 is 27.3 Å². The summed E-state index contributed by atoms with van der Waals surface area (Å²) in [4.78, 5) is 9.87. The highest BCUT2D eigenvalue weighted by molar-refractivity contribution is 7.92. The fourth-order valence-electron chi connectivity index (χ4n) is 1.75. The number of amides is 1. The van der Waals surface area contributed by atoms with Crippen molar-refractivity contribution in [3.8, 4) is 0 Å². The van der Waals surface area contributed by atoms with E-state index in [1.54, 1.807) is 0 Å². The molecule has 23 heavy (non-hydrogen) atoms. The molecule has 0 aliphatic rings. The molecule has 0 bridgehead atoms. The van der Waals surface area contributed by atoms with Crippen LogP contribution in [0, 0.1) is 17.5 Å². The molecule has 2 aromatic carbocycles. The predicted octanol–water partition coefficient (Wildman–Crippen LogP) is 2.86. The molecule has 0 saturated heterocycles. The van der Waals surface area contributed by atoms with Gasteiger partial charge in [0.2, 0.25) is 5.91 Å². The monoisotopic (exact) mass is 344 g/mol. The third kappa shape index (κ3) is 3.81. The second-order valence-electron chi connectivity index (χ2n) is 4.54. The van der Waals surface area contributed by atoms with Gasteiger partial charge in [0.15, 0.2) is 17.5 Å². The van der Waals surface area contributed by atoms with Gasteiger partial charge >= 0.3 is 0 Å². The van der Waals surface area contributed by atoms with E-state index >= 15 is 0 Å². The molecule has 2 rings (SSSR count). The maximum absolute atomic E-state index is 13.6. The van der Waals surface area contributed by atoms with Gasteiger partial charge in [-0.1, -0.05) is 0 Å². The Balaban J connectivity index is 2.28. The standard InChI is InChI=1S/C14H11F3N2O3S/c1-8(20)18-9-2-4-10(5-3-9)19-23(21,22)12-7-6-11(15)13(16)14(12)17/h2-7,19H,1H3,(H,18,20). The third-order valence-corrected chi connectivity index (χ3v) is 4.15. The van der Waals surface area contributed by atoms with E-state index in [0.717, 1.165) is 0 Å². The fourth-order valence-corrected chi connectivity index (χ4v) is 2.88. The van der Waals surface area contributed by atoms with Crippen LogP contribution in [-0.2, 0) is 14.8 Å². The second kappa shape index (κ2) is 6.29. The Morgan fingerprint density at radius 1 is 0.913 bits per heavy atom. The molecule has 0 saturated carbocycles. The third-order valence-electron chi connectivity index (χ3n) is 2.75. The van der Waals surface area contributed by atoms with Gasteiger partial charge < -0.3 is 5.32 Å². The van der Waals surface area contributed by atoms with E-state index in [4.69, 9.17) is 0 Å². The van der Waals surface area contributed by atoms with Gasteiger partial charge in [0.25, 0.3) is 10.0 Å². The maximum atomic E-state index is 13.6. The highest BCUT2D eigenvalue weighted by Crippen LogP contribution is 2.23. The topological polar surface area (TPSA) is 75.3 Å². The molecule has 0 heterocycles. The number of sulfonamides is 1. The second-order valence-corrected chi connectivity index (χ2v) is 6.19. The highest BCUT2D eigenvalue weighted by atomic mass is 32.2. The normalized spacial score (nSPS) is 11.1. The molecule has 2 N–H and O–H groups in total. The van der Waals surface area contributed by atoms with Crippen molar-refractivity contribution in [3.63, 3.8) is 0 Å². The minimum atomic E-state index is -4.44.